The molecule has 0 saturated heterocycles. The van der Waals surface area contributed by atoms with Gasteiger partial charge in [0.15, 0.2) is 5.82 Å². The molecule has 1 amide bonds. The second kappa shape index (κ2) is 11.3. The highest BCUT2D eigenvalue weighted by atomic mass is 16.4. The lowest BCUT2D eigenvalue weighted by molar-refractivity contribution is -0.137. The Morgan fingerprint density at radius 1 is 0.800 bits per heavy atom. The van der Waals surface area contributed by atoms with E-state index in [0.29, 0.717) is 31.6 Å². The summed E-state index contributed by atoms with van der Waals surface area (Å²) in [5, 5.41) is 8.77. The van der Waals surface area contributed by atoms with Gasteiger partial charge in [-0.1, -0.05) is 78.9 Å². The van der Waals surface area contributed by atoms with Crippen molar-refractivity contribution in [2.24, 2.45) is 0 Å². The Labute approximate surface area is 207 Å². The number of hydrogen-bond donors (Lipinski definition) is 1. The summed E-state index contributed by atoms with van der Waals surface area (Å²) in [4.78, 5) is 35.5. The van der Waals surface area contributed by atoms with Crippen LogP contribution in [0.25, 0.3) is 22.5 Å². The van der Waals surface area contributed by atoms with Crippen LogP contribution in [0.1, 0.15) is 61.8 Å². The van der Waals surface area contributed by atoms with E-state index in [9.17, 15) is 9.59 Å². The minimum absolute atomic E-state index is 0.0932. The molecule has 2 heterocycles. The number of carboxylic acid groups (broad SMARTS) is 1. The van der Waals surface area contributed by atoms with Gasteiger partial charge in [-0.2, -0.15) is 0 Å². The zero-order valence-electron chi connectivity index (χ0n) is 20.6. The molecule has 35 heavy (non-hydrogen) atoms. The molecule has 182 valence electrons. The van der Waals surface area contributed by atoms with Crippen molar-refractivity contribution < 1.29 is 14.7 Å². The molecule has 3 aromatic rings. The summed E-state index contributed by atoms with van der Waals surface area (Å²) in [7, 11) is 0. The number of aryl methyl sites for hydroxylation is 3. The average Bonchev–Trinajstić information content (AvgIpc) is 2.85. The zero-order valence-corrected chi connectivity index (χ0v) is 20.6. The summed E-state index contributed by atoms with van der Waals surface area (Å²) in [6.45, 7) is 4.74. The molecular formula is C29H33N3O3. The Balaban J connectivity index is 1.61. The maximum absolute atomic E-state index is 12.9. The van der Waals surface area contributed by atoms with Crippen LogP contribution in [0.2, 0.25) is 0 Å². The van der Waals surface area contributed by atoms with Gasteiger partial charge in [0.1, 0.15) is 0 Å². The van der Waals surface area contributed by atoms with Gasteiger partial charge in [0.25, 0.3) is 0 Å². The Morgan fingerprint density at radius 3 is 1.94 bits per heavy atom. The number of carbonyl (C=O) groups excluding carboxylic acids is 1. The molecular weight excluding hydrogens is 438 g/mol. The van der Waals surface area contributed by atoms with Crippen LogP contribution in [0.5, 0.6) is 0 Å². The highest BCUT2D eigenvalue weighted by molar-refractivity contribution is 5.96. The summed E-state index contributed by atoms with van der Waals surface area (Å²) >= 11 is 0. The predicted octanol–water partition coefficient (Wildman–Crippen LogP) is 6.13. The molecule has 2 aromatic carbocycles. The molecule has 1 N–H and O–H groups in total. The number of aromatic nitrogens is 2. The van der Waals surface area contributed by atoms with Crippen molar-refractivity contribution in [2.75, 3.05) is 11.4 Å². The number of anilines is 1. The van der Waals surface area contributed by atoms with Crippen LogP contribution in [0.4, 0.5) is 5.82 Å². The normalized spacial score (nSPS) is 13.1. The fourth-order valence-corrected chi connectivity index (χ4v) is 4.46. The number of carbonyl (C=O) groups is 2. The Bertz CT molecular complexity index is 1190. The number of rotatable bonds is 10. The van der Waals surface area contributed by atoms with Crippen LogP contribution >= 0.6 is 0 Å². The Hall–Kier alpha value is -3.54. The van der Waals surface area contributed by atoms with Crippen molar-refractivity contribution in [3.63, 3.8) is 0 Å². The molecule has 0 fully saturated rings. The first kappa shape index (κ1) is 24.6. The van der Waals surface area contributed by atoms with Gasteiger partial charge in [0.05, 0.1) is 17.1 Å². The fraction of sp³-hybridized carbons (Fsp3) is 0.379. The number of aliphatic carboxylic acids is 1. The van der Waals surface area contributed by atoms with Gasteiger partial charge in [-0.3, -0.25) is 14.5 Å². The topological polar surface area (TPSA) is 83.4 Å². The van der Waals surface area contributed by atoms with E-state index in [2.05, 4.69) is 62.4 Å². The third-order valence-electron chi connectivity index (χ3n) is 6.50. The lowest BCUT2D eigenvalue weighted by Gasteiger charge is -2.29. The summed E-state index contributed by atoms with van der Waals surface area (Å²) in [6.07, 6.45) is 5.64. The van der Waals surface area contributed by atoms with E-state index >= 15 is 0 Å². The maximum atomic E-state index is 12.9. The number of amides is 1. The van der Waals surface area contributed by atoms with Crippen molar-refractivity contribution in [1.29, 1.82) is 0 Å². The van der Waals surface area contributed by atoms with Crippen LogP contribution in [-0.2, 0) is 16.0 Å². The number of carboxylic acids is 1. The molecule has 0 aliphatic carbocycles. The predicted molar refractivity (Wildman–Crippen MR) is 138 cm³/mol. The summed E-state index contributed by atoms with van der Waals surface area (Å²) in [5.41, 5.74) is 6.89. The second-order valence-corrected chi connectivity index (χ2v) is 9.38. The van der Waals surface area contributed by atoms with Crippen LogP contribution in [0.3, 0.4) is 0 Å². The zero-order chi connectivity index (χ0) is 24.8. The monoisotopic (exact) mass is 471 g/mol. The van der Waals surface area contributed by atoms with E-state index in [4.69, 9.17) is 15.1 Å². The van der Waals surface area contributed by atoms with Crippen molar-refractivity contribution in [1.82, 2.24) is 9.97 Å². The minimum atomic E-state index is -0.742. The molecule has 0 bridgehead atoms. The Morgan fingerprint density at radius 2 is 1.34 bits per heavy atom. The van der Waals surface area contributed by atoms with E-state index < -0.39 is 5.97 Å². The molecule has 6 heteroatoms. The van der Waals surface area contributed by atoms with E-state index in [-0.39, 0.29) is 12.3 Å². The average molecular weight is 472 g/mol. The molecule has 1 aliphatic heterocycles. The largest absolute Gasteiger partial charge is 0.481 e. The summed E-state index contributed by atoms with van der Waals surface area (Å²) < 4.78 is 0. The highest BCUT2D eigenvalue weighted by Gasteiger charge is 2.28. The number of benzene rings is 2. The number of fused-ring (bicyclic) bond motifs is 1. The van der Waals surface area contributed by atoms with Crippen LogP contribution < -0.4 is 4.90 Å². The van der Waals surface area contributed by atoms with E-state index in [1.807, 2.05) is 0 Å². The quantitative estimate of drug-likeness (QED) is 0.360. The molecule has 0 spiro atoms. The van der Waals surface area contributed by atoms with Crippen molar-refractivity contribution >= 4 is 17.7 Å². The van der Waals surface area contributed by atoms with Crippen LogP contribution in [0.15, 0.2) is 48.5 Å². The summed E-state index contributed by atoms with van der Waals surface area (Å²) in [6, 6.07) is 16.6. The molecule has 0 saturated carbocycles. The molecule has 0 unspecified atom stereocenters. The van der Waals surface area contributed by atoms with E-state index in [1.54, 1.807) is 4.90 Å². The molecule has 6 nitrogen and oxygen atoms in total. The summed E-state index contributed by atoms with van der Waals surface area (Å²) in [5.74, 6) is 0.0302. The molecule has 4 rings (SSSR count). The van der Waals surface area contributed by atoms with Crippen molar-refractivity contribution in [3.8, 4) is 22.5 Å². The van der Waals surface area contributed by atoms with Gasteiger partial charge in [0, 0.05) is 36.9 Å². The van der Waals surface area contributed by atoms with Gasteiger partial charge in [-0.05, 0) is 26.7 Å². The van der Waals surface area contributed by atoms with Crippen molar-refractivity contribution in [2.45, 2.75) is 65.2 Å². The standard InChI is InChI=1S/C29H33N3O3/c1-20-9-13-22(14-10-20)27-28(23-15-11-21(2)12-16-23)31-29-24(30-27)17-18-25(33)32(29)19-7-5-3-4-6-8-26(34)35/h9-16H,3-8,17-19H2,1-2H3,(H,34,35). The highest BCUT2D eigenvalue weighted by Crippen LogP contribution is 2.35. The first-order valence-electron chi connectivity index (χ1n) is 12.5. The fourth-order valence-electron chi connectivity index (χ4n) is 4.46. The van der Waals surface area contributed by atoms with Gasteiger partial charge >= 0.3 is 5.97 Å². The van der Waals surface area contributed by atoms with Crippen molar-refractivity contribution in [3.05, 3.63) is 65.4 Å². The van der Waals surface area contributed by atoms with E-state index in [1.165, 1.54) is 11.1 Å². The first-order valence-corrected chi connectivity index (χ1v) is 12.5. The van der Waals surface area contributed by atoms with Gasteiger partial charge in [-0.15, -0.1) is 0 Å². The molecule has 0 atom stereocenters. The number of unbranched alkanes of at least 4 members (excludes halogenated alkanes) is 4. The molecule has 1 aromatic heterocycles. The second-order valence-electron chi connectivity index (χ2n) is 9.38. The minimum Gasteiger partial charge on any atom is -0.481 e. The smallest absolute Gasteiger partial charge is 0.303 e. The third-order valence-corrected chi connectivity index (χ3v) is 6.50. The first-order chi connectivity index (χ1) is 16.9. The molecule has 1 aliphatic rings. The third kappa shape index (κ3) is 6.13. The van der Waals surface area contributed by atoms with E-state index in [0.717, 1.165) is 53.9 Å². The van der Waals surface area contributed by atoms with Crippen LogP contribution in [0, 0.1) is 13.8 Å². The lowest BCUT2D eigenvalue weighted by Crippen LogP contribution is -2.37. The maximum Gasteiger partial charge on any atom is 0.303 e. The molecule has 0 radical (unpaired) electrons. The van der Waals surface area contributed by atoms with Crippen LogP contribution in [-0.4, -0.2) is 33.5 Å². The van der Waals surface area contributed by atoms with Gasteiger partial charge in [0.2, 0.25) is 5.91 Å². The van der Waals surface area contributed by atoms with Gasteiger partial charge < -0.3 is 5.11 Å². The Kier molecular flexibility index (Phi) is 7.91. The SMILES string of the molecule is Cc1ccc(-c2nc3c(nc2-c2ccc(C)cc2)N(CCCCCCCC(=O)O)C(=O)CC3)cc1. The van der Waals surface area contributed by atoms with Gasteiger partial charge in [-0.25, -0.2) is 9.97 Å². The number of hydrogen-bond acceptors (Lipinski definition) is 4. The lowest BCUT2D eigenvalue weighted by atomic mass is 10.0. The number of nitrogens with zero attached hydrogens (tertiary/aromatic N) is 3.